The highest BCUT2D eigenvalue weighted by Crippen LogP contribution is 2.23. The van der Waals surface area contributed by atoms with Crippen LogP contribution in [-0.4, -0.2) is 30.0 Å². The van der Waals surface area contributed by atoms with E-state index in [2.05, 4.69) is 42.1 Å². The first-order valence-electron chi connectivity index (χ1n) is 6.02. The van der Waals surface area contributed by atoms with Crippen LogP contribution in [-0.2, 0) is 12.8 Å². The van der Waals surface area contributed by atoms with E-state index in [-0.39, 0.29) is 0 Å². The zero-order chi connectivity index (χ0) is 11.1. The van der Waals surface area contributed by atoms with Gasteiger partial charge in [-0.1, -0.05) is 0 Å². The van der Waals surface area contributed by atoms with Crippen molar-refractivity contribution in [3.8, 4) is 0 Å². The number of fused-ring (bicyclic) bond motifs is 2. The van der Waals surface area contributed by atoms with Gasteiger partial charge in [-0.15, -0.1) is 0 Å². The third kappa shape index (κ3) is 1.63. The van der Waals surface area contributed by atoms with Gasteiger partial charge in [0, 0.05) is 24.3 Å². The highest BCUT2D eigenvalue weighted by molar-refractivity contribution is 5.82. The quantitative estimate of drug-likeness (QED) is 0.714. The Hall–Kier alpha value is -1.28. The molecule has 1 aliphatic rings. The molecule has 3 rings (SSSR count). The second-order valence-corrected chi connectivity index (χ2v) is 4.96. The van der Waals surface area contributed by atoms with E-state index in [0.29, 0.717) is 0 Å². The Labute approximate surface area is 96.3 Å². The van der Waals surface area contributed by atoms with Crippen molar-refractivity contribution in [2.75, 3.05) is 20.1 Å². The maximum Gasteiger partial charge on any atom is 0.0458 e. The molecule has 2 heterocycles. The van der Waals surface area contributed by atoms with Gasteiger partial charge in [-0.25, -0.2) is 0 Å². The third-order valence-corrected chi connectivity index (χ3v) is 3.60. The predicted molar refractivity (Wildman–Crippen MR) is 67.9 cm³/mol. The molecule has 2 heteroatoms. The molecule has 84 valence electrons. The number of likely N-dealkylation sites (N-methyl/N-ethyl adjacent to an activating group) is 1. The topological polar surface area (TPSA) is 19.0 Å². The molecule has 0 bridgehead atoms. The van der Waals surface area contributed by atoms with Crippen molar-refractivity contribution >= 4 is 10.9 Å². The van der Waals surface area contributed by atoms with Crippen LogP contribution in [0.3, 0.4) is 0 Å². The first-order valence-corrected chi connectivity index (χ1v) is 6.02. The van der Waals surface area contributed by atoms with Crippen molar-refractivity contribution in [1.29, 1.82) is 0 Å². The minimum absolute atomic E-state index is 1.18. The van der Waals surface area contributed by atoms with Gasteiger partial charge in [0.1, 0.15) is 0 Å². The summed E-state index contributed by atoms with van der Waals surface area (Å²) in [5, 5.41) is 1.36. The van der Waals surface area contributed by atoms with E-state index < -0.39 is 0 Å². The molecule has 1 aromatic heterocycles. The number of nitrogens with one attached hydrogen (secondary N) is 1. The highest BCUT2D eigenvalue weighted by Gasteiger charge is 2.12. The van der Waals surface area contributed by atoms with Gasteiger partial charge in [0.05, 0.1) is 0 Å². The Morgan fingerprint density at radius 3 is 2.50 bits per heavy atom. The molecule has 0 spiro atoms. The first kappa shape index (κ1) is 9.91. The number of benzene rings is 1. The fraction of sp³-hybridized carbons (Fsp3) is 0.429. The first-order chi connectivity index (χ1) is 7.72. The van der Waals surface area contributed by atoms with Crippen LogP contribution >= 0.6 is 0 Å². The summed E-state index contributed by atoms with van der Waals surface area (Å²) in [7, 11) is 2.21. The van der Waals surface area contributed by atoms with Gasteiger partial charge in [0.2, 0.25) is 0 Å². The average Bonchev–Trinajstić information content (AvgIpc) is 2.51. The van der Waals surface area contributed by atoms with Crippen LogP contribution in [0.2, 0.25) is 0 Å². The fourth-order valence-electron chi connectivity index (χ4n) is 2.62. The summed E-state index contributed by atoms with van der Waals surface area (Å²) in [5.41, 5.74) is 5.61. The minimum Gasteiger partial charge on any atom is -0.359 e. The van der Waals surface area contributed by atoms with Crippen LogP contribution < -0.4 is 0 Å². The Kier molecular flexibility index (Phi) is 2.25. The Morgan fingerprint density at radius 1 is 1.06 bits per heavy atom. The van der Waals surface area contributed by atoms with E-state index in [4.69, 9.17) is 0 Å². The summed E-state index contributed by atoms with van der Waals surface area (Å²) in [5.74, 6) is 0. The summed E-state index contributed by atoms with van der Waals surface area (Å²) in [6.45, 7) is 4.49. The molecule has 0 fully saturated rings. The summed E-state index contributed by atoms with van der Waals surface area (Å²) in [4.78, 5) is 5.84. The number of H-pyrrole nitrogens is 1. The normalized spacial score (nSPS) is 17.4. The molecule has 0 radical (unpaired) electrons. The van der Waals surface area contributed by atoms with Gasteiger partial charge in [-0.05, 0) is 61.5 Å². The van der Waals surface area contributed by atoms with E-state index in [1.165, 1.54) is 53.7 Å². The van der Waals surface area contributed by atoms with Gasteiger partial charge in [0.25, 0.3) is 0 Å². The van der Waals surface area contributed by atoms with Crippen molar-refractivity contribution < 1.29 is 0 Å². The monoisotopic (exact) mass is 214 g/mol. The molecule has 1 aliphatic heterocycles. The van der Waals surface area contributed by atoms with E-state index in [1.54, 1.807) is 0 Å². The van der Waals surface area contributed by atoms with Crippen molar-refractivity contribution in [3.05, 3.63) is 35.0 Å². The molecule has 1 N–H and O–H groups in total. The highest BCUT2D eigenvalue weighted by atomic mass is 15.1. The lowest BCUT2D eigenvalue weighted by Gasteiger charge is -2.10. The minimum atomic E-state index is 1.18. The van der Waals surface area contributed by atoms with Crippen LogP contribution in [0.5, 0.6) is 0 Å². The second kappa shape index (κ2) is 3.63. The number of nitrogens with zero attached hydrogens (tertiary/aromatic N) is 1. The molecule has 16 heavy (non-hydrogen) atoms. The Balaban J connectivity index is 2.11. The second-order valence-electron chi connectivity index (χ2n) is 4.96. The molecule has 2 nitrogen and oxygen atoms in total. The van der Waals surface area contributed by atoms with Crippen LogP contribution in [0.1, 0.15) is 16.8 Å². The molecular formula is C14H18N2. The Morgan fingerprint density at radius 2 is 1.75 bits per heavy atom. The molecule has 0 saturated carbocycles. The van der Waals surface area contributed by atoms with Crippen molar-refractivity contribution in [2.45, 2.75) is 19.8 Å². The number of aromatic nitrogens is 1. The average molecular weight is 214 g/mol. The largest absolute Gasteiger partial charge is 0.359 e. The van der Waals surface area contributed by atoms with E-state index in [0.717, 1.165) is 0 Å². The molecule has 1 aromatic carbocycles. The Bertz CT molecular complexity index is 480. The van der Waals surface area contributed by atoms with Gasteiger partial charge in [-0.3, -0.25) is 0 Å². The fourth-order valence-corrected chi connectivity index (χ4v) is 2.62. The third-order valence-electron chi connectivity index (χ3n) is 3.60. The van der Waals surface area contributed by atoms with Crippen LogP contribution in [0, 0.1) is 6.92 Å². The zero-order valence-electron chi connectivity index (χ0n) is 10.0. The summed E-state index contributed by atoms with van der Waals surface area (Å²) < 4.78 is 0. The van der Waals surface area contributed by atoms with Crippen LogP contribution in [0.4, 0.5) is 0 Å². The molecule has 0 aliphatic carbocycles. The number of hydrogen-bond donors (Lipinski definition) is 1. The maximum atomic E-state index is 3.43. The molecule has 0 saturated heterocycles. The lowest BCUT2D eigenvalue weighted by atomic mass is 10.0. The summed E-state index contributed by atoms with van der Waals surface area (Å²) >= 11 is 0. The summed E-state index contributed by atoms with van der Waals surface area (Å²) in [6, 6.07) is 6.95. The molecule has 0 atom stereocenters. The summed E-state index contributed by atoms with van der Waals surface area (Å²) in [6.07, 6.45) is 2.37. The van der Waals surface area contributed by atoms with E-state index in [1.807, 2.05) is 0 Å². The van der Waals surface area contributed by atoms with Gasteiger partial charge in [-0.2, -0.15) is 0 Å². The van der Waals surface area contributed by atoms with Crippen molar-refractivity contribution in [2.24, 2.45) is 0 Å². The molecule has 0 unspecified atom stereocenters. The van der Waals surface area contributed by atoms with Crippen LogP contribution in [0.15, 0.2) is 18.2 Å². The van der Waals surface area contributed by atoms with Gasteiger partial charge < -0.3 is 9.88 Å². The number of hydrogen-bond acceptors (Lipinski definition) is 1. The van der Waals surface area contributed by atoms with E-state index in [9.17, 15) is 0 Å². The number of aromatic amines is 1. The van der Waals surface area contributed by atoms with Crippen molar-refractivity contribution in [3.63, 3.8) is 0 Å². The molecule has 2 aromatic rings. The standard InChI is InChI=1S/C14H18N2/c1-10-7-13-8-11-3-5-16(2)6-4-12(11)9-14(13)15-10/h7-9,15H,3-6H2,1-2H3. The van der Waals surface area contributed by atoms with Gasteiger partial charge in [0.15, 0.2) is 0 Å². The van der Waals surface area contributed by atoms with Crippen molar-refractivity contribution in [1.82, 2.24) is 9.88 Å². The molecular weight excluding hydrogens is 196 g/mol. The maximum absolute atomic E-state index is 3.43. The zero-order valence-corrected chi connectivity index (χ0v) is 10.0. The van der Waals surface area contributed by atoms with E-state index >= 15 is 0 Å². The lowest BCUT2D eigenvalue weighted by molar-refractivity contribution is 0.352. The molecule has 0 amide bonds. The number of rotatable bonds is 0. The SMILES string of the molecule is Cc1cc2cc3c(cc2[nH]1)CCN(C)CC3. The smallest absolute Gasteiger partial charge is 0.0458 e. The van der Waals surface area contributed by atoms with Crippen LogP contribution in [0.25, 0.3) is 10.9 Å². The van der Waals surface area contributed by atoms with Gasteiger partial charge >= 0.3 is 0 Å². The number of aryl methyl sites for hydroxylation is 1. The lowest BCUT2D eigenvalue weighted by Crippen LogP contribution is -2.20. The predicted octanol–water partition coefficient (Wildman–Crippen LogP) is 2.51.